The lowest BCUT2D eigenvalue weighted by molar-refractivity contribution is 0.0599. The molecule has 1 aliphatic rings. The van der Waals surface area contributed by atoms with Gasteiger partial charge in [-0.25, -0.2) is 4.79 Å². The van der Waals surface area contributed by atoms with Crippen LogP contribution >= 0.6 is 0 Å². The van der Waals surface area contributed by atoms with E-state index in [-0.39, 0.29) is 5.97 Å². The monoisotopic (exact) mass is 202 g/mol. The molecule has 2 nitrogen and oxygen atoms in total. The van der Waals surface area contributed by atoms with Crippen molar-refractivity contribution in [2.24, 2.45) is 0 Å². The number of esters is 1. The van der Waals surface area contributed by atoms with E-state index in [4.69, 9.17) is 4.74 Å². The standard InChI is InChI=1S/C13H14O2/c1-3-9-4-7-11(13(14)15-2)12(8-9)10-5-6-10/h3-4,7-8,10H,1,5-6H2,2H3. The molecule has 1 aromatic carbocycles. The van der Waals surface area contributed by atoms with Gasteiger partial charge in [0.05, 0.1) is 12.7 Å². The van der Waals surface area contributed by atoms with Crippen LogP contribution in [0.15, 0.2) is 24.8 Å². The zero-order valence-corrected chi connectivity index (χ0v) is 8.82. The molecular weight excluding hydrogens is 188 g/mol. The van der Waals surface area contributed by atoms with Crippen LogP contribution in [0.5, 0.6) is 0 Å². The van der Waals surface area contributed by atoms with Crippen molar-refractivity contribution < 1.29 is 9.53 Å². The van der Waals surface area contributed by atoms with Gasteiger partial charge in [-0.3, -0.25) is 0 Å². The van der Waals surface area contributed by atoms with Crippen LogP contribution < -0.4 is 0 Å². The van der Waals surface area contributed by atoms with Crippen molar-refractivity contribution in [1.29, 1.82) is 0 Å². The third-order valence-corrected chi connectivity index (χ3v) is 2.73. The first-order valence-corrected chi connectivity index (χ1v) is 5.11. The van der Waals surface area contributed by atoms with E-state index in [2.05, 4.69) is 6.58 Å². The second-order valence-electron chi connectivity index (χ2n) is 3.82. The lowest BCUT2D eigenvalue weighted by Crippen LogP contribution is -2.05. The first-order valence-electron chi connectivity index (χ1n) is 5.11. The molecule has 0 unspecified atom stereocenters. The van der Waals surface area contributed by atoms with Crippen LogP contribution in [-0.4, -0.2) is 13.1 Å². The predicted molar refractivity (Wildman–Crippen MR) is 59.8 cm³/mol. The SMILES string of the molecule is C=Cc1ccc(C(=O)OC)c(C2CC2)c1. The van der Waals surface area contributed by atoms with Gasteiger partial charge in [0, 0.05) is 0 Å². The van der Waals surface area contributed by atoms with Crippen LogP contribution in [0.25, 0.3) is 6.08 Å². The summed E-state index contributed by atoms with van der Waals surface area (Å²) in [6, 6.07) is 5.76. The van der Waals surface area contributed by atoms with Gasteiger partial charge in [-0.2, -0.15) is 0 Å². The minimum atomic E-state index is -0.243. The highest BCUT2D eigenvalue weighted by Crippen LogP contribution is 2.42. The van der Waals surface area contributed by atoms with Crippen molar-refractivity contribution >= 4 is 12.0 Å². The third kappa shape index (κ3) is 1.94. The van der Waals surface area contributed by atoms with Gasteiger partial charge in [-0.1, -0.05) is 24.8 Å². The van der Waals surface area contributed by atoms with Crippen LogP contribution in [0.1, 0.15) is 40.2 Å². The molecule has 0 spiro atoms. The first kappa shape index (κ1) is 9.97. The Morgan fingerprint density at radius 3 is 2.80 bits per heavy atom. The summed E-state index contributed by atoms with van der Waals surface area (Å²) in [5, 5.41) is 0. The number of carbonyl (C=O) groups excluding carboxylic acids is 1. The Morgan fingerprint density at radius 2 is 2.27 bits per heavy atom. The number of rotatable bonds is 3. The van der Waals surface area contributed by atoms with E-state index in [1.54, 1.807) is 6.08 Å². The molecule has 0 heterocycles. The summed E-state index contributed by atoms with van der Waals surface area (Å²) in [5.41, 5.74) is 2.87. The molecule has 0 aliphatic heterocycles. The Morgan fingerprint density at radius 1 is 1.53 bits per heavy atom. The van der Waals surface area contributed by atoms with Gasteiger partial charge in [0.15, 0.2) is 0 Å². The fourth-order valence-electron chi connectivity index (χ4n) is 1.74. The minimum Gasteiger partial charge on any atom is -0.465 e. The van der Waals surface area contributed by atoms with Crippen LogP contribution in [0.4, 0.5) is 0 Å². The highest BCUT2D eigenvalue weighted by molar-refractivity contribution is 5.91. The maximum Gasteiger partial charge on any atom is 0.338 e. The zero-order valence-electron chi connectivity index (χ0n) is 8.82. The lowest BCUT2D eigenvalue weighted by atomic mass is 10.00. The molecule has 0 N–H and O–H groups in total. The molecule has 15 heavy (non-hydrogen) atoms. The second kappa shape index (κ2) is 3.89. The molecule has 2 rings (SSSR count). The third-order valence-electron chi connectivity index (χ3n) is 2.73. The summed E-state index contributed by atoms with van der Waals surface area (Å²) in [7, 11) is 1.42. The normalized spacial score (nSPS) is 14.7. The Hall–Kier alpha value is -1.57. The fraction of sp³-hybridized carbons (Fsp3) is 0.308. The first-order chi connectivity index (χ1) is 7.26. The predicted octanol–water partition coefficient (Wildman–Crippen LogP) is 2.99. The van der Waals surface area contributed by atoms with Gasteiger partial charge in [0.2, 0.25) is 0 Å². The molecule has 2 heteroatoms. The van der Waals surface area contributed by atoms with Crippen molar-refractivity contribution in [2.75, 3.05) is 7.11 Å². The van der Waals surface area contributed by atoms with E-state index < -0.39 is 0 Å². The molecule has 1 aromatic rings. The highest BCUT2D eigenvalue weighted by Gasteiger charge is 2.28. The fourth-order valence-corrected chi connectivity index (χ4v) is 1.74. The van der Waals surface area contributed by atoms with E-state index >= 15 is 0 Å². The van der Waals surface area contributed by atoms with Crippen molar-refractivity contribution in [3.05, 3.63) is 41.5 Å². The maximum absolute atomic E-state index is 11.5. The van der Waals surface area contributed by atoms with Crippen molar-refractivity contribution in [3.8, 4) is 0 Å². The number of benzene rings is 1. The molecule has 1 saturated carbocycles. The number of hydrogen-bond donors (Lipinski definition) is 0. The van der Waals surface area contributed by atoms with Gasteiger partial charge < -0.3 is 4.74 Å². The largest absolute Gasteiger partial charge is 0.465 e. The van der Waals surface area contributed by atoms with E-state index in [1.807, 2.05) is 18.2 Å². The maximum atomic E-state index is 11.5. The van der Waals surface area contributed by atoms with Gasteiger partial charge in [-0.05, 0) is 36.0 Å². The molecule has 1 fully saturated rings. The van der Waals surface area contributed by atoms with E-state index in [0.717, 1.165) is 11.1 Å². The van der Waals surface area contributed by atoms with Crippen LogP contribution in [-0.2, 0) is 4.74 Å². The summed E-state index contributed by atoms with van der Waals surface area (Å²) in [6.45, 7) is 3.73. The summed E-state index contributed by atoms with van der Waals surface area (Å²) in [5.74, 6) is 0.298. The van der Waals surface area contributed by atoms with E-state index in [9.17, 15) is 4.79 Å². The average molecular weight is 202 g/mol. The Kier molecular flexibility index (Phi) is 2.58. The quantitative estimate of drug-likeness (QED) is 0.704. The highest BCUT2D eigenvalue weighted by atomic mass is 16.5. The lowest BCUT2D eigenvalue weighted by Gasteiger charge is -2.07. The Bertz CT molecular complexity index is 403. The summed E-state index contributed by atoms with van der Waals surface area (Å²) in [6.07, 6.45) is 4.14. The number of hydrogen-bond acceptors (Lipinski definition) is 2. The van der Waals surface area contributed by atoms with E-state index in [1.165, 1.54) is 20.0 Å². The molecule has 0 amide bonds. The molecule has 0 radical (unpaired) electrons. The zero-order chi connectivity index (χ0) is 10.8. The van der Waals surface area contributed by atoms with Crippen molar-refractivity contribution in [3.63, 3.8) is 0 Å². The Labute approximate surface area is 89.6 Å². The van der Waals surface area contributed by atoms with E-state index in [0.29, 0.717) is 11.5 Å². The Balaban J connectivity index is 2.44. The summed E-state index contributed by atoms with van der Waals surface area (Å²) in [4.78, 5) is 11.5. The molecule has 0 bridgehead atoms. The number of ether oxygens (including phenoxy) is 1. The summed E-state index contributed by atoms with van der Waals surface area (Å²) >= 11 is 0. The second-order valence-corrected chi connectivity index (χ2v) is 3.82. The van der Waals surface area contributed by atoms with Crippen molar-refractivity contribution in [2.45, 2.75) is 18.8 Å². The van der Waals surface area contributed by atoms with Gasteiger partial charge in [0.25, 0.3) is 0 Å². The van der Waals surface area contributed by atoms with Gasteiger partial charge in [-0.15, -0.1) is 0 Å². The van der Waals surface area contributed by atoms with Crippen LogP contribution in [0.2, 0.25) is 0 Å². The topological polar surface area (TPSA) is 26.3 Å². The van der Waals surface area contributed by atoms with Crippen molar-refractivity contribution in [1.82, 2.24) is 0 Å². The molecule has 0 saturated heterocycles. The molecular formula is C13H14O2. The number of carbonyl (C=O) groups is 1. The molecule has 78 valence electrons. The number of methoxy groups -OCH3 is 1. The van der Waals surface area contributed by atoms with Gasteiger partial charge in [0.1, 0.15) is 0 Å². The van der Waals surface area contributed by atoms with Gasteiger partial charge >= 0.3 is 5.97 Å². The average Bonchev–Trinajstić information content (AvgIpc) is 3.11. The van der Waals surface area contributed by atoms with Crippen LogP contribution in [0.3, 0.4) is 0 Å². The minimum absolute atomic E-state index is 0.243. The molecule has 0 aromatic heterocycles. The van der Waals surface area contributed by atoms with Crippen LogP contribution in [0, 0.1) is 0 Å². The molecule has 0 atom stereocenters. The molecule has 1 aliphatic carbocycles. The smallest absolute Gasteiger partial charge is 0.338 e. The summed E-state index contributed by atoms with van der Waals surface area (Å²) < 4.78 is 4.76.